The largest absolute Gasteiger partial charge is 0.496 e. The fourth-order valence-corrected chi connectivity index (χ4v) is 5.29. The molecule has 3 aromatic rings. The lowest BCUT2D eigenvalue weighted by atomic mass is 10.0. The number of methoxy groups -OCH3 is 2. The van der Waals surface area contributed by atoms with Crippen molar-refractivity contribution in [3.05, 3.63) is 88.4 Å². The van der Waals surface area contributed by atoms with E-state index < -0.39 is 6.04 Å². The molecule has 0 saturated heterocycles. The van der Waals surface area contributed by atoms with Crippen molar-refractivity contribution in [3.8, 4) is 17.2 Å². The minimum absolute atomic E-state index is 0.138. The van der Waals surface area contributed by atoms with Crippen LogP contribution in [-0.4, -0.2) is 49.6 Å². The highest BCUT2D eigenvalue weighted by Crippen LogP contribution is 2.28. The van der Waals surface area contributed by atoms with Gasteiger partial charge < -0.3 is 24.4 Å². The van der Waals surface area contributed by atoms with Gasteiger partial charge in [-0.25, -0.2) is 0 Å². The van der Waals surface area contributed by atoms with Crippen LogP contribution in [0.2, 0.25) is 0 Å². The summed E-state index contributed by atoms with van der Waals surface area (Å²) in [4.78, 5) is 29.2. The molecule has 39 heavy (non-hydrogen) atoms. The van der Waals surface area contributed by atoms with Gasteiger partial charge in [-0.1, -0.05) is 71.2 Å². The number of carbonyl (C=O) groups excluding carboxylic acids is 2. The number of nitrogens with one attached hydrogen (secondary N) is 1. The van der Waals surface area contributed by atoms with E-state index in [1.54, 1.807) is 37.3 Å². The number of ether oxygens (including phenoxy) is 3. The van der Waals surface area contributed by atoms with Crippen LogP contribution in [0, 0.1) is 0 Å². The highest BCUT2D eigenvalue weighted by atomic mass is 79.9. The number of hydrogen-bond donors (Lipinski definition) is 1. The van der Waals surface area contributed by atoms with E-state index in [-0.39, 0.29) is 31.0 Å². The SMILES string of the molecule is COc1cc(OC)cc(OCC(=O)N(Cc2cccc(Br)c2)C(Cc2ccccc2)C(=O)NC2CCCC2)c1. The second kappa shape index (κ2) is 14.0. The summed E-state index contributed by atoms with van der Waals surface area (Å²) in [5.41, 5.74) is 1.89. The van der Waals surface area contributed by atoms with Gasteiger partial charge in [-0.2, -0.15) is 0 Å². The Kier molecular flexibility index (Phi) is 10.3. The van der Waals surface area contributed by atoms with E-state index in [1.165, 1.54) is 0 Å². The highest BCUT2D eigenvalue weighted by molar-refractivity contribution is 9.10. The number of rotatable bonds is 12. The zero-order chi connectivity index (χ0) is 27.6. The standard InChI is InChI=1S/C31H35BrN2O5/c1-37-26-17-27(38-2)19-28(18-26)39-21-30(35)34(20-23-11-8-12-24(32)15-23)29(16-22-9-4-3-5-10-22)31(36)33-25-13-6-7-14-25/h3-5,8-12,15,17-19,25,29H,6-7,13-14,16,20-21H2,1-2H3,(H,33,36). The van der Waals surface area contributed by atoms with Crippen molar-refractivity contribution in [2.75, 3.05) is 20.8 Å². The molecule has 206 valence electrons. The van der Waals surface area contributed by atoms with E-state index in [1.807, 2.05) is 54.6 Å². The van der Waals surface area contributed by atoms with Crippen molar-refractivity contribution < 1.29 is 23.8 Å². The zero-order valence-corrected chi connectivity index (χ0v) is 24.0. The predicted octanol–water partition coefficient (Wildman–Crippen LogP) is 5.54. The monoisotopic (exact) mass is 594 g/mol. The average Bonchev–Trinajstić information content (AvgIpc) is 3.47. The highest BCUT2D eigenvalue weighted by Gasteiger charge is 2.32. The van der Waals surface area contributed by atoms with Gasteiger partial charge in [0, 0.05) is 41.7 Å². The molecule has 3 aromatic carbocycles. The molecule has 0 bridgehead atoms. The van der Waals surface area contributed by atoms with Crippen molar-refractivity contribution in [2.45, 2.75) is 50.7 Å². The van der Waals surface area contributed by atoms with E-state index in [4.69, 9.17) is 14.2 Å². The fraction of sp³-hybridized carbons (Fsp3) is 0.355. The first-order chi connectivity index (χ1) is 18.9. The molecule has 4 rings (SSSR count). The van der Waals surface area contributed by atoms with Crippen molar-refractivity contribution in [3.63, 3.8) is 0 Å². The van der Waals surface area contributed by atoms with Gasteiger partial charge in [0.15, 0.2) is 6.61 Å². The molecule has 1 fully saturated rings. The molecule has 0 aliphatic heterocycles. The molecular formula is C31H35BrN2O5. The molecule has 1 aliphatic rings. The Labute approximate surface area is 238 Å². The van der Waals surface area contributed by atoms with Gasteiger partial charge >= 0.3 is 0 Å². The molecule has 0 radical (unpaired) electrons. The van der Waals surface area contributed by atoms with Crippen LogP contribution in [0.25, 0.3) is 0 Å². The Balaban J connectivity index is 1.62. The molecule has 2 amide bonds. The summed E-state index contributed by atoms with van der Waals surface area (Å²) in [5.74, 6) is 1.12. The summed E-state index contributed by atoms with van der Waals surface area (Å²) < 4.78 is 17.5. The number of carbonyl (C=O) groups is 2. The van der Waals surface area contributed by atoms with Gasteiger partial charge in [0.05, 0.1) is 14.2 Å². The summed E-state index contributed by atoms with van der Waals surface area (Å²) in [6.45, 7) is 0.0188. The molecule has 8 heteroatoms. The van der Waals surface area contributed by atoms with E-state index in [0.717, 1.165) is 41.3 Å². The molecular weight excluding hydrogens is 560 g/mol. The van der Waals surface area contributed by atoms with Crippen LogP contribution in [-0.2, 0) is 22.6 Å². The first-order valence-corrected chi connectivity index (χ1v) is 14.0. The zero-order valence-electron chi connectivity index (χ0n) is 22.4. The minimum Gasteiger partial charge on any atom is -0.496 e. The van der Waals surface area contributed by atoms with E-state index in [9.17, 15) is 9.59 Å². The smallest absolute Gasteiger partial charge is 0.261 e. The van der Waals surface area contributed by atoms with E-state index in [0.29, 0.717) is 23.7 Å². The van der Waals surface area contributed by atoms with Crippen LogP contribution < -0.4 is 19.5 Å². The van der Waals surface area contributed by atoms with Crippen LogP contribution in [0.4, 0.5) is 0 Å². The molecule has 1 N–H and O–H groups in total. The number of benzene rings is 3. The molecule has 0 spiro atoms. The van der Waals surface area contributed by atoms with Gasteiger partial charge in [0.25, 0.3) is 5.91 Å². The molecule has 0 heterocycles. The lowest BCUT2D eigenvalue weighted by molar-refractivity contribution is -0.143. The van der Waals surface area contributed by atoms with Crippen LogP contribution >= 0.6 is 15.9 Å². The second-order valence-corrected chi connectivity index (χ2v) is 10.6. The Morgan fingerprint density at radius 3 is 2.18 bits per heavy atom. The summed E-state index contributed by atoms with van der Waals surface area (Å²) in [6.07, 6.45) is 4.53. The lowest BCUT2D eigenvalue weighted by Gasteiger charge is -2.32. The molecule has 1 saturated carbocycles. The van der Waals surface area contributed by atoms with E-state index >= 15 is 0 Å². The third-order valence-electron chi connectivity index (χ3n) is 6.90. The Morgan fingerprint density at radius 2 is 1.54 bits per heavy atom. The van der Waals surface area contributed by atoms with Crippen LogP contribution in [0.3, 0.4) is 0 Å². The third-order valence-corrected chi connectivity index (χ3v) is 7.40. The lowest BCUT2D eigenvalue weighted by Crippen LogP contribution is -2.53. The summed E-state index contributed by atoms with van der Waals surface area (Å²) in [6, 6.07) is 22.1. The van der Waals surface area contributed by atoms with Gasteiger partial charge in [-0.3, -0.25) is 9.59 Å². The fourth-order valence-electron chi connectivity index (χ4n) is 4.85. The number of amides is 2. The van der Waals surface area contributed by atoms with Gasteiger partial charge in [0.1, 0.15) is 23.3 Å². The molecule has 1 atom stereocenters. The number of nitrogens with zero attached hydrogens (tertiary/aromatic N) is 1. The summed E-state index contributed by atoms with van der Waals surface area (Å²) >= 11 is 3.52. The van der Waals surface area contributed by atoms with Gasteiger partial charge in [-0.05, 0) is 36.1 Å². The quantitative estimate of drug-likeness (QED) is 0.298. The van der Waals surface area contributed by atoms with E-state index in [2.05, 4.69) is 21.2 Å². The van der Waals surface area contributed by atoms with Gasteiger partial charge in [-0.15, -0.1) is 0 Å². The van der Waals surface area contributed by atoms with Crippen LogP contribution in [0.15, 0.2) is 77.3 Å². The minimum atomic E-state index is -0.706. The third kappa shape index (κ3) is 8.23. The molecule has 1 aliphatic carbocycles. The Hall–Kier alpha value is -3.52. The first kappa shape index (κ1) is 28.5. The van der Waals surface area contributed by atoms with Crippen molar-refractivity contribution >= 4 is 27.7 Å². The maximum absolute atomic E-state index is 13.8. The maximum Gasteiger partial charge on any atom is 0.261 e. The van der Waals surface area contributed by atoms with Crippen molar-refractivity contribution in [2.24, 2.45) is 0 Å². The first-order valence-electron chi connectivity index (χ1n) is 13.2. The Morgan fingerprint density at radius 1 is 0.897 bits per heavy atom. The number of hydrogen-bond acceptors (Lipinski definition) is 5. The average molecular weight is 596 g/mol. The van der Waals surface area contributed by atoms with Gasteiger partial charge in [0.2, 0.25) is 5.91 Å². The maximum atomic E-state index is 13.8. The van der Waals surface area contributed by atoms with Crippen molar-refractivity contribution in [1.29, 1.82) is 0 Å². The van der Waals surface area contributed by atoms with Crippen molar-refractivity contribution in [1.82, 2.24) is 10.2 Å². The van der Waals surface area contributed by atoms with Crippen LogP contribution in [0.5, 0.6) is 17.2 Å². The molecule has 0 aromatic heterocycles. The topological polar surface area (TPSA) is 77.1 Å². The molecule has 1 unspecified atom stereocenters. The summed E-state index contributed by atoms with van der Waals surface area (Å²) in [7, 11) is 3.11. The van der Waals surface area contributed by atoms with Crippen LogP contribution in [0.1, 0.15) is 36.8 Å². The Bertz CT molecular complexity index is 1220. The summed E-state index contributed by atoms with van der Waals surface area (Å²) in [5, 5.41) is 3.22. The molecule has 7 nitrogen and oxygen atoms in total. The second-order valence-electron chi connectivity index (χ2n) is 9.68. The predicted molar refractivity (Wildman–Crippen MR) is 154 cm³/mol. The number of halogens is 1. The normalized spacial score (nSPS) is 13.9.